The average Bonchev–Trinajstić information content (AvgIpc) is 2.84. The molecule has 7 nitrogen and oxygen atoms in total. The molecule has 35 heavy (non-hydrogen) atoms. The first-order valence-corrected chi connectivity index (χ1v) is 11.3. The molecule has 0 atom stereocenters. The van der Waals surface area contributed by atoms with Crippen LogP contribution in [0, 0.1) is 11.6 Å². The zero-order valence-electron chi connectivity index (χ0n) is 19.0. The van der Waals surface area contributed by atoms with Crippen molar-refractivity contribution >= 4 is 10.9 Å². The lowest BCUT2D eigenvalue weighted by atomic mass is 10.1. The Labute approximate surface area is 199 Å². The second-order valence-corrected chi connectivity index (χ2v) is 8.35. The number of benzene rings is 2. The number of methoxy groups -OCH3 is 1. The van der Waals surface area contributed by atoms with Crippen molar-refractivity contribution in [2.24, 2.45) is 0 Å². The summed E-state index contributed by atoms with van der Waals surface area (Å²) in [7, 11) is 1.53. The van der Waals surface area contributed by atoms with Crippen LogP contribution in [0.25, 0.3) is 22.2 Å². The quantitative estimate of drug-likeness (QED) is 0.441. The van der Waals surface area contributed by atoms with Gasteiger partial charge >= 0.3 is 0 Å². The Morgan fingerprint density at radius 3 is 2.51 bits per heavy atom. The highest BCUT2D eigenvalue weighted by atomic mass is 19.1. The Hall–Kier alpha value is -3.85. The van der Waals surface area contributed by atoms with Gasteiger partial charge in [-0.1, -0.05) is 6.07 Å². The number of fused-ring (bicyclic) bond motifs is 1. The van der Waals surface area contributed by atoms with E-state index in [-0.39, 0.29) is 11.7 Å². The van der Waals surface area contributed by atoms with Crippen molar-refractivity contribution in [3.8, 4) is 22.8 Å². The summed E-state index contributed by atoms with van der Waals surface area (Å²) in [5, 5.41) is 0.395. The molecule has 1 aliphatic rings. The maximum absolute atomic E-state index is 13.5. The van der Waals surface area contributed by atoms with Gasteiger partial charge in [0.1, 0.15) is 23.6 Å². The van der Waals surface area contributed by atoms with Crippen molar-refractivity contribution in [2.45, 2.75) is 25.4 Å². The summed E-state index contributed by atoms with van der Waals surface area (Å²) in [6.07, 6.45) is 3.47. The van der Waals surface area contributed by atoms with Crippen LogP contribution >= 0.6 is 0 Å². The topological polar surface area (TPSA) is 86.3 Å². The first-order valence-electron chi connectivity index (χ1n) is 11.3. The van der Waals surface area contributed by atoms with E-state index in [1.54, 1.807) is 30.5 Å². The summed E-state index contributed by atoms with van der Waals surface area (Å²) < 4.78 is 44.0. The fourth-order valence-corrected chi connectivity index (χ4v) is 4.10. The third-order valence-electron chi connectivity index (χ3n) is 5.86. The number of aromatic amines is 1. The molecule has 0 amide bonds. The first-order chi connectivity index (χ1) is 17.0. The average molecular weight is 479 g/mol. The summed E-state index contributed by atoms with van der Waals surface area (Å²) in [6, 6.07) is 10.1. The predicted molar refractivity (Wildman–Crippen MR) is 126 cm³/mol. The van der Waals surface area contributed by atoms with Crippen LogP contribution in [0.2, 0.25) is 0 Å². The molecule has 9 heteroatoms. The number of rotatable bonds is 6. The van der Waals surface area contributed by atoms with E-state index in [9.17, 15) is 13.6 Å². The molecule has 0 spiro atoms. The molecular formula is C26H23F2N3O4. The number of H-pyrrole nitrogens is 1. The van der Waals surface area contributed by atoms with Crippen LogP contribution in [-0.2, 0) is 11.2 Å². The minimum absolute atomic E-state index is 0.00715. The Bertz CT molecular complexity index is 1400. The van der Waals surface area contributed by atoms with Gasteiger partial charge in [0.15, 0.2) is 11.5 Å². The van der Waals surface area contributed by atoms with Crippen molar-refractivity contribution in [3.05, 3.63) is 82.0 Å². The Kier molecular flexibility index (Phi) is 6.41. The standard InChI is InChI=1S/C26H23F2N3O4/c1-33-23-12-20-22(13-24(23)35-19-4-6-34-7-5-19)30-25(31-26(20)32)8-15-2-3-21(29-14-15)16-9-17(27)11-18(28)10-16/h2-3,9-14,19H,4-8H2,1H3,(H,30,31,32). The van der Waals surface area contributed by atoms with Gasteiger partial charge in [0.2, 0.25) is 0 Å². The van der Waals surface area contributed by atoms with E-state index in [1.165, 1.54) is 19.2 Å². The summed E-state index contributed by atoms with van der Waals surface area (Å²) >= 11 is 0. The van der Waals surface area contributed by atoms with Crippen molar-refractivity contribution < 1.29 is 23.0 Å². The Balaban J connectivity index is 1.41. The van der Waals surface area contributed by atoms with Gasteiger partial charge in [-0.05, 0) is 29.8 Å². The van der Waals surface area contributed by atoms with Gasteiger partial charge in [-0.25, -0.2) is 13.8 Å². The maximum Gasteiger partial charge on any atom is 0.258 e. The molecule has 0 bridgehead atoms. The van der Waals surface area contributed by atoms with Crippen LogP contribution in [0.1, 0.15) is 24.2 Å². The third kappa shape index (κ3) is 5.14. The number of aromatic nitrogens is 3. The van der Waals surface area contributed by atoms with Crippen LogP contribution in [0.5, 0.6) is 11.5 Å². The lowest BCUT2D eigenvalue weighted by molar-refractivity contribution is 0.0246. The molecule has 1 fully saturated rings. The lowest BCUT2D eigenvalue weighted by Crippen LogP contribution is -2.26. The SMILES string of the molecule is COc1cc2c(=O)[nH]c(Cc3ccc(-c4cc(F)cc(F)c4)nc3)nc2cc1OC1CCOCC1. The number of halogens is 2. The predicted octanol–water partition coefficient (Wildman–Crippen LogP) is 4.42. The zero-order valence-corrected chi connectivity index (χ0v) is 19.0. The third-order valence-corrected chi connectivity index (χ3v) is 5.86. The highest BCUT2D eigenvalue weighted by Crippen LogP contribution is 2.32. The van der Waals surface area contributed by atoms with E-state index in [1.807, 2.05) is 0 Å². The van der Waals surface area contributed by atoms with Gasteiger partial charge in [0, 0.05) is 43.2 Å². The van der Waals surface area contributed by atoms with E-state index < -0.39 is 11.6 Å². The van der Waals surface area contributed by atoms with E-state index in [0.717, 1.165) is 24.5 Å². The van der Waals surface area contributed by atoms with Crippen molar-refractivity contribution in [1.29, 1.82) is 0 Å². The van der Waals surface area contributed by atoms with Crippen LogP contribution < -0.4 is 15.0 Å². The van der Waals surface area contributed by atoms with Gasteiger partial charge in [-0.15, -0.1) is 0 Å². The van der Waals surface area contributed by atoms with Crippen LogP contribution in [0.4, 0.5) is 8.78 Å². The smallest absolute Gasteiger partial charge is 0.258 e. The van der Waals surface area contributed by atoms with Gasteiger partial charge in [0.25, 0.3) is 5.56 Å². The molecule has 1 saturated heterocycles. The van der Waals surface area contributed by atoms with Crippen LogP contribution in [0.15, 0.2) is 53.5 Å². The summed E-state index contributed by atoms with van der Waals surface area (Å²) in [5.41, 5.74) is 1.76. The van der Waals surface area contributed by atoms with Crippen molar-refractivity contribution in [2.75, 3.05) is 20.3 Å². The van der Waals surface area contributed by atoms with E-state index in [4.69, 9.17) is 14.2 Å². The first kappa shape index (κ1) is 22.9. The molecule has 0 radical (unpaired) electrons. The van der Waals surface area contributed by atoms with Gasteiger partial charge < -0.3 is 19.2 Å². The molecule has 2 aromatic carbocycles. The van der Waals surface area contributed by atoms with Gasteiger partial charge in [-0.2, -0.15) is 0 Å². The molecule has 5 rings (SSSR count). The number of hydrogen-bond acceptors (Lipinski definition) is 6. The molecule has 4 aromatic rings. The Morgan fingerprint density at radius 1 is 1.06 bits per heavy atom. The second-order valence-electron chi connectivity index (χ2n) is 8.35. The number of ether oxygens (including phenoxy) is 3. The molecule has 1 N–H and O–H groups in total. The number of pyridine rings is 1. The van der Waals surface area contributed by atoms with Crippen molar-refractivity contribution in [3.63, 3.8) is 0 Å². The number of nitrogens with one attached hydrogen (secondary N) is 1. The fraction of sp³-hybridized carbons (Fsp3) is 0.269. The molecular weight excluding hydrogens is 456 g/mol. The van der Waals surface area contributed by atoms with E-state index in [2.05, 4.69) is 15.0 Å². The zero-order chi connectivity index (χ0) is 24.4. The maximum atomic E-state index is 13.5. The second kappa shape index (κ2) is 9.79. The van der Waals surface area contributed by atoms with Gasteiger partial charge in [0.05, 0.1) is 36.9 Å². The molecule has 1 aliphatic heterocycles. The summed E-state index contributed by atoms with van der Waals surface area (Å²) in [4.78, 5) is 24.5. The number of hydrogen-bond donors (Lipinski definition) is 1. The monoisotopic (exact) mass is 479 g/mol. The highest BCUT2D eigenvalue weighted by Gasteiger charge is 2.19. The molecule has 0 aliphatic carbocycles. The molecule has 0 unspecified atom stereocenters. The van der Waals surface area contributed by atoms with Crippen molar-refractivity contribution in [1.82, 2.24) is 15.0 Å². The Morgan fingerprint density at radius 2 is 1.83 bits per heavy atom. The molecule has 3 heterocycles. The molecule has 2 aromatic heterocycles. The largest absolute Gasteiger partial charge is 0.493 e. The summed E-state index contributed by atoms with van der Waals surface area (Å²) in [5.74, 6) is 0.124. The minimum Gasteiger partial charge on any atom is -0.493 e. The van der Waals surface area contributed by atoms with E-state index >= 15 is 0 Å². The van der Waals surface area contributed by atoms with Gasteiger partial charge in [-0.3, -0.25) is 9.78 Å². The summed E-state index contributed by atoms with van der Waals surface area (Å²) in [6.45, 7) is 1.28. The normalized spacial score (nSPS) is 14.3. The number of nitrogens with zero attached hydrogens (tertiary/aromatic N) is 2. The fourth-order valence-electron chi connectivity index (χ4n) is 4.10. The van der Waals surface area contributed by atoms with Crippen LogP contribution in [0.3, 0.4) is 0 Å². The lowest BCUT2D eigenvalue weighted by Gasteiger charge is -2.24. The highest BCUT2D eigenvalue weighted by molar-refractivity contribution is 5.81. The molecule has 0 saturated carbocycles. The minimum atomic E-state index is -0.666. The molecule has 180 valence electrons. The van der Waals surface area contributed by atoms with E-state index in [0.29, 0.717) is 59.1 Å². The van der Waals surface area contributed by atoms with Crippen LogP contribution in [-0.4, -0.2) is 41.4 Å².